The van der Waals surface area contributed by atoms with Crippen molar-refractivity contribution in [1.29, 1.82) is 0 Å². The molecule has 5 heteroatoms. The molecule has 6 rings (SSSR count). The molecular weight excluding hydrogens is 458 g/mol. The van der Waals surface area contributed by atoms with E-state index >= 15 is 0 Å². The second-order valence-corrected chi connectivity index (χ2v) is 8.73. The third-order valence-electron chi connectivity index (χ3n) is 6.44. The molecular formula is C32H23N3O2. The molecule has 0 radical (unpaired) electrons. The van der Waals surface area contributed by atoms with Gasteiger partial charge in [-0.15, -0.1) is 0 Å². The zero-order valence-electron chi connectivity index (χ0n) is 19.9. The summed E-state index contributed by atoms with van der Waals surface area (Å²) in [4.78, 5) is 13.0. The van der Waals surface area contributed by atoms with E-state index in [9.17, 15) is 9.90 Å². The van der Waals surface area contributed by atoms with E-state index in [1.165, 1.54) is 0 Å². The van der Waals surface area contributed by atoms with Gasteiger partial charge in [0.15, 0.2) is 0 Å². The number of amides is 1. The lowest BCUT2D eigenvalue weighted by Gasteiger charge is -2.12. The van der Waals surface area contributed by atoms with Gasteiger partial charge in [0, 0.05) is 16.6 Å². The van der Waals surface area contributed by atoms with Crippen LogP contribution in [0, 0.1) is 0 Å². The van der Waals surface area contributed by atoms with Crippen LogP contribution in [-0.4, -0.2) is 21.8 Å². The Balaban J connectivity index is 1.44. The topological polar surface area (TPSA) is 66.6 Å². The van der Waals surface area contributed by atoms with Gasteiger partial charge in [-0.2, -0.15) is 5.10 Å². The van der Waals surface area contributed by atoms with Crippen LogP contribution in [-0.2, 0) is 0 Å². The lowest BCUT2D eigenvalue weighted by atomic mass is 10.1. The standard InChI is InChI=1S/C32H23N3O2/c36-30-20-24-14-8-7-13-23(24)19-27(30)32(37)34-33-21-28-26-17-9-10-18-29(26)35(25-15-5-2-6-16-25)31(28)22-11-3-1-4-12-22/h1-21,36H,(H,34,37)/b33-21-. The lowest BCUT2D eigenvalue weighted by Crippen LogP contribution is -2.17. The zero-order chi connectivity index (χ0) is 25.2. The van der Waals surface area contributed by atoms with Gasteiger partial charge in [0.2, 0.25) is 0 Å². The molecule has 2 N–H and O–H groups in total. The van der Waals surface area contributed by atoms with Crippen molar-refractivity contribution in [3.63, 3.8) is 0 Å². The van der Waals surface area contributed by atoms with E-state index in [1.54, 1.807) is 18.3 Å². The van der Waals surface area contributed by atoms with Crippen molar-refractivity contribution in [2.45, 2.75) is 0 Å². The molecule has 0 spiro atoms. The summed E-state index contributed by atoms with van der Waals surface area (Å²) in [5, 5.41) is 17.5. The number of hydrogen-bond donors (Lipinski definition) is 2. The number of nitrogens with one attached hydrogen (secondary N) is 1. The van der Waals surface area contributed by atoms with Crippen molar-refractivity contribution in [3.8, 4) is 22.7 Å². The van der Waals surface area contributed by atoms with E-state index in [1.807, 2.05) is 72.8 Å². The highest BCUT2D eigenvalue weighted by Crippen LogP contribution is 2.35. The normalized spacial score (nSPS) is 11.4. The van der Waals surface area contributed by atoms with E-state index in [0.717, 1.165) is 44.2 Å². The van der Waals surface area contributed by atoms with Gasteiger partial charge in [-0.3, -0.25) is 4.79 Å². The summed E-state index contributed by atoms with van der Waals surface area (Å²) >= 11 is 0. The first-order valence-corrected chi connectivity index (χ1v) is 12.0. The number of fused-ring (bicyclic) bond motifs is 2. The first kappa shape index (κ1) is 22.3. The van der Waals surface area contributed by atoms with E-state index in [0.29, 0.717) is 0 Å². The van der Waals surface area contributed by atoms with Crippen LogP contribution < -0.4 is 5.43 Å². The van der Waals surface area contributed by atoms with Gasteiger partial charge < -0.3 is 9.67 Å². The van der Waals surface area contributed by atoms with Gasteiger partial charge in [-0.25, -0.2) is 5.43 Å². The number of nitrogens with zero attached hydrogens (tertiary/aromatic N) is 2. The average Bonchev–Trinajstić information content (AvgIpc) is 3.28. The molecule has 5 nitrogen and oxygen atoms in total. The van der Waals surface area contributed by atoms with Crippen LogP contribution in [0.5, 0.6) is 5.75 Å². The molecule has 0 unspecified atom stereocenters. The predicted molar refractivity (Wildman–Crippen MR) is 149 cm³/mol. The van der Waals surface area contributed by atoms with Gasteiger partial charge >= 0.3 is 0 Å². The monoisotopic (exact) mass is 481 g/mol. The van der Waals surface area contributed by atoms with Crippen molar-refractivity contribution in [2.75, 3.05) is 0 Å². The summed E-state index contributed by atoms with van der Waals surface area (Å²) in [5.41, 5.74) is 7.73. The van der Waals surface area contributed by atoms with Crippen molar-refractivity contribution in [2.24, 2.45) is 5.10 Å². The number of phenolic OH excluding ortho intramolecular Hbond substituents is 1. The van der Waals surface area contributed by atoms with Crippen molar-refractivity contribution in [3.05, 3.63) is 132 Å². The Hall–Kier alpha value is -5.16. The van der Waals surface area contributed by atoms with Crippen LogP contribution in [0.4, 0.5) is 0 Å². The molecule has 0 atom stereocenters. The molecule has 0 bridgehead atoms. The Morgan fingerprint density at radius 2 is 1.38 bits per heavy atom. The Morgan fingerprint density at radius 3 is 2.14 bits per heavy atom. The number of rotatable bonds is 5. The molecule has 178 valence electrons. The number of para-hydroxylation sites is 2. The molecule has 0 aliphatic carbocycles. The summed E-state index contributed by atoms with van der Waals surface area (Å²) in [6, 6.07) is 39.3. The fraction of sp³-hybridized carbons (Fsp3) is 0. The molecule has 0 saturated carbocycles. The number of phenols is 1. The number of carbonyl (C=O) groups is 1. The summed E-state index contributed by atoms with van der Waals surface area (Å²) in [6.45, 7) is 0. The van der Waals surface area contributed by atoms with E-state index in [4.69, 9.17) is 0 Å². The quantitative estimate of drug-likeness (QED) is 0.207. The maximum absolute atomic E-state index is 13.0. The van der Waals surface area contributed by atoms with Crippen LogP contribution in [0.2, 0.25) is 0 Å². The number of aromatic hydroxyl groups is 1. The molecule has 1 heterocycles. The molecule has 0 aliphatic rings. The third-order valence-corrected chi connectivity index (χ3v) is 6.44. The molecule has 0 aliphatic heterocycles. The summed E-state index contributed by atoms with van der Waals surface area (Å²) in [5.74, 6) is -0.565. The highest BCUT2D eigenvalue weighted by Gasteiger charge is 2.19. The first-order valence-electron chi connectivity index (χ1n) is 12.0. The van der Waals surface area contributed by atoms with Gasteiger partial charge in [-0.05, 0) is 46.7 Å². The Bertz CT molecular complexity index is 1770. The molecule has 1 amide bonds. The Morgan fingerprint density at radius 1 is 0.757 bits per heavy atom. The van der Waals surface area contributed by atoms with Crippen LogP contribution in [0.15, 0.2) is 126 Å². The van der Waals surface area contributed by atoms with Crippen molar-refractivity contribution < 1.29 is 9.90 Å². The summed E-state index contributed by atoms with van der Waals surface area (Å²) in [7, 11) is 0. The van der Waals surface area contributed by atoms with E-state index < -0.39 is 5.91 Å². The lowest BCUT2D eigenvalue weighted by molar-refractivity contribution is 0.0952. The van der Waals surface area contributed by atoms with Crippen LogP contribution >= 0.6 is 0 Å². The van der Waals surface area contributed by atoms with Crippen molar-refractivity contribution in [1.82, 2.24) is 9.99 Å². The number of hydrogen-bond acceptors (Lipinski definition) is 3. The summed E-state index contributed by atoms with van der Waals surface area (Å²) < 4.78 is 2.21. The van der Waals surface area contributed by atoms with Crippen LogP contribution in [0.3, 0.4) is 0 Å². The fourth-order valence-electron chi connectivity index (χ4n) is 4.75. The van der Waals surface area contributed by atoms with Gasteiger partial charge in [-0.1, -0.05) is 91.0 Å². The van der Waals surface area contributed by atoms with Gasteiger partial charge in [0.1, 0.15) is 5.75 Å². The second-order valence-electron chi connectivity index (χ2n) is 8.73. The Labute approximate surface area is 213 Å². The predicted octanol–water partition coefficient (Wildman–Crippen LogP) is 6.92. The van der Waals surface area contributed by atoms with E-state index in [2.05, 4.69) is 51.5 Å². The minimum Gasteiger partial charge on any atom is -0.507 e. The number of benzene rings is 5. The largest absolute Gasteiger partial charge is 0.507 e. The van der Waals surface area contributed by atoms with E-state index in [-0.39, 0.29) is 11.3 Å². The fourth-order valence-corrected chi connectivity index (χ4v) is 4.75. The minimum atomic E-state index is -0.479. The van der Waals surface area contributed by atoms with Gasteiger partial charge in [0.25, 0.3) is 5.91 Å². The molecule has 0 saturated heterocycles. The molecule has 1 aromatic heterocycles. The average molecular weight is 482 g/mol. The van der Waals surface area contributed by atoms with Crippen molar-refractivity contribution >= 4 is 33.8 Å². The molecule has 37 heavy (non-hydrogen) atoms. The third kappa shape index (κ3) is 4.13. The number of aromatic nitrogens is 1. The first-order chi connectivity index (χ1) is 18.2. The number of carbonyl (C=O) groups excluding carboxylic acids is 1. The van der Waals surface area contributed by atoms with Gasteiger partial charge in [0.05, 0.1) is 23.0 Å². The number of hydrazone groups is 1. The smallest absolute Gasteiger partial charge is 0.275 e. The highest BCUT2D eigenvalue weighted by atomic mass is 16.3. The second kappa shape index (κ2) is 9.47. The highest BCUT2D eigenvalue weighted by molar-refractivity contribution is 6.08. The SMILES string of the molecule is O=C(N/N=C\c1c(-c2ccccc2)n(-c2ccccc2)c2ccccc12)c1cc2ccccc2cc1O. The van der Waals surface area contributed by atoms with Crippen LogP contribution in [0.25, 0.3) is 38.6 Å². The summed E-state index contributed by atoms with van der Waals surface area (Å²) in [6.07, 6.45) is 1.68. The Kier molecular flexibility index (Phi) is 5.71. The molecule has 6 aromatic rings. The molecule has 5 aromatic carbocycles. The molecule has 0 fully saturated rings. The maximum atomic E-state index is 13.0. The minimum absolute atomic E-state index is 0.0861. The van der Waals surface area contributed by atoms with Crippen LogP contribution in [0.1, 0.15) is 15.9 Å². The zero-order valence-corrected chi connectivity index (χ0v) is 19.9. The maximum Gasteiger partial charge on any atom is 0.275 e.